The van der Waals surface area contributed by atoms with Crippen molar-refractivity contribution in [2.24, 2.45) is 10.9 Å². The minimum Gasteiger partial charge on any atom is -0.480 e. The van der Waals surface area contributed by atoms with Gasteiger partial charge in [-0.15, -0.1) is 11.3 Å². The molecule has 0 bridgehead atoms. The number of likely N-dealkylation sites (tertiary alicyclic amines) is 1. The summed E-state index contributed by atoms with van der Waals surface area (Å²) in [4.78, 5) is 36.2. The molecule has 1 saturated carbocycles. The summed E-state index contributed by atoms with van der Waals surface area (Å²) in [6.45, 7) is 3.14. The van der Waals surface area contributed by atoms with Gasteiger partial charge < -0.3 is 15.2 Å². The second-order valence-corrected chi connectivity index (χ2v) is 9.26. The first-order valence-corrected chi connectivity index (χ1v) is 12.1. The zero-order valence-corrected chi connectivity index (χ0v) is 18.7. The number of carboxylic acids is 1. The molecule has 31 heavy (non-hydrogen) atoms. The van der Waals surface area contributed by atoms with E-state index >= 15 is 0 Å². The fraction of sp³-hybridized carbons (Fsp3) is 0.636. The molecule has 0 spiro atoms. The van der Waals surface area contributed by atoms with Crippen molar-refractivity contribution in [2.75, 3.05) is 19.7 Å². The van der Waals surface area contributed by atoms with Gasteiger partial charge >= 0.3 is 11.9 Å². The normalized spacial score (nSPS) is 25.3. The number of aromatic nitrogens is 1. The molecular weight excluding hydrogens is 416 g/mol. The van der Waals surface area contributed by atoms with E-state index in [0.717, 1.165) is 37.1 Å². The van der Waals surface area contributed by atoms with E-state index in [1.54, 1.807) is 13.1 Å². The minimum absolute atomic E-state index is 0.272. The number of rotatable bonds is 7. The van der Waals surface area contributed by atoms with Gasteiger partial charge in [0.15, 0.2) is 10.8 Å². The first-order chi connectivity index (χ1) is 15.1. The Kier molecular flexibility index (Phi) is 7.02. The zero-order chi connectivity index (χ0) is 21.8. The van der Waals surface area contributed by atoms with Crippen LogP contribution in [-0.4, -0.2) is 64.5 Å². The van der Waals surface area contributed by atoms with Gasteiger partial charge in [0, 0.05) is 23.8 Å². The molecule has 9 heteroatoms. The zero-order valence-electron chi connectivity index (χ0n) is 17.9. The number of hydrogen-bond acceptors (Lipinski definition) is 8. The maximum absolute atomic E-state index is 13.1. The van der Waals surface area contributed by atoms with E-state index in [0.29, 0.717) is 36.6 Å². The monoisotopic (exact) mass is 446 g/mol. The fourth-order valence-electron chi connectivity index (χ4n) is 4.94. The van der Waals surface area contributed by atoms with Crippen LogP contribution in [0.5, 0.6) is 0 Å². The average Bonchev–Trinajstić information content (AvgIpc) is 3.46. The number of ether oxygens (including phenoxy) is 1. The Morgan fingerprint density at radius 2 is 2.06 bits per heavy atom. The molecule has 0 radical (unpaired) electrons. The second kappa shape index (κ2) is 9.91. The van der Waals surface area contributed by atoms with Crippen LogP contribution in [0, 0.1) is 5.92 Å². The molecule has 0 aromatic carbocycles. The molecule has 1 unspecified atom stereocenters. The molecule has 4 rings (SSSR count). The van der Waals surface area contributed by atoms with Crippen molar-refractivity contribution in [1.82, 2.24) is 15.2 Å². The van der Waals surface area contributed by atoms with E-state index < -0.39 is 12.0 Å². The van der Waals surface area contributed by atoms with Gasteiger partial charge in [0.2, 0.25) is 0 Å². The van der Waals surface area contributed by atoms with Gasteiger partial charge in [0.25, 0.3) is 0 Å². The maximum atomic E-state index is 13.1. The highest BCUT2D eigenvalue weighted by Gasteiger charge is 2.39. The Bertz CT molecular complexity index is 861. The van der Waals surface area contributed by atoms with Crippen molar-refractivity contribution >= 4 is 29.1 Å². The molecule has 3 aliphatic rings. The fourth-order valence-corrected chi connectivity index (χ4v) is 5.53. The van der Waals surface area contributed by atoms with Crippen LogP contribution in [0.2, 0.25) is 0 Å². The van der Waals surface area contributed by atoms with Crippen LogP contribution >= 0.6 is 11.3 Å². The Morgan fingerprint density at radius 3 is 2.74 bits per heavy atom. The molecule has 1 aromatic rings. The van der Waals surface area contributed by atoms with Crippen LogP contribution in [0.25, 0.3) is 0 Å². The van der Waals surface area contributed by atoms with Crippen LogP contribution < -0.4 is 5.32 Å². The van der Waals surface area contributed by atoms with Crippen molar-refractivity contribution < 1.29 is 19.4 Å². The first-order valence-electron chi connectivity index (χ1n) is 11.2. The number of nitrogens with one attached hydrogen (secondary N) is 1. The molecule has 2 fully saturated rings. The number of carboxylic acid groups (broad SMARTS) is 1. The lowest BCUT2D eigenvalue weighted by Gasteiger charge is -2.35. The number of nitrogens with zero attached hydrogens (tertiary/aromatic N) is 3. The number of aliphatic imine (C=N–C) groups is 1. The molecule has 1 aromatic heterocycles. The predicted molar refractivity (Wildman–Crippen MR) is 118 cm³/mol. The SMILES string of the molecule is CCOC(=O)C1=C(CN2CCC[C@H]2C(=O)O)NC(c2nccs2)=NC1C1CCCCC1. The average molecular weight is 447 g/mol. The van der Waals surface area contributed by atoms with E-state index in [9.17, 15) is 14.7 Å². The number of aliphatic carboxylic acids is 1. The van der Waals surface area contributed by atoms with Crippen molar-refractivity contribution in [3.8, 4) is 0 Å². The molecule has 1 aliphatic carbocycles. The maximum Gasteiger partial charge on any atom is 0.338 e. The summed E-state index contributed by atoms with van der Waals surface area (Å²) in [5.74, 6) is -0.230. The minimum atomic E-state index is -0.816. The van der Waals surface area contributed by atoms with Crippen LogP contribution in [0.4, 0.5) is 0 Å². The van der Waals surface area contributed by atoms with Gasteiger partial charge in [-0.2, -0.15) is 0 Å². The summed E-state index contributed by atoms with van der Waals surface area (Å²) >= 11 is 1.50. The highest BCUT2D eigenvalue weighted by atomic mass is 32.1. The van der Waals surface area contributed by atoms with Gasteiger partial charge in [-0.05, 0) is 45.1 Å². The summed E-state index contributed by atoms with van der Waals surface area (Å²) in [7, 11) is 0. The molecule has 168 valence electrons. The lowest BCUT2D eigenvalue weighted by molar-refractivity contribution is -0.142. The lowest BCUT2D eigenvalue weighted by atomic mass is 9.80. The highest BCUT2D eigenvalue weighted by molar-refractivity contribution is 7.11. The number of esters is 1. The molecule has 8 nitrogen and oxygen atoms in total. The van der Waals surface area contributed by atoms with Crippen LogP contribution in [-0.2, 0) is 14.3 Å². The smallest absolute Gasteiger partial charge is 0.338 e. The number of amidine groups is 1. The third-order valence-corrected chi connectivity index (χ3v) is 7.17. The summed E-state index contributed by atoms with van der Waals surface area (Å²) in [5.41, 5.74) is 1.27. The number of carbonyl (C=O) groups is 2. The third-order valence-electron chi connectivity index (χ3n) is 6.39. The molecular formula is C22H30N4O4S. The molecule has 3 heterocycles. The van der Waals surface area contributed by atoms with Gasteiger partial charge in [-0.25, -0.2) is 9.78 Å². The Hall–Kier alpha value is -2.26. The van der Waals surface area contributed by atoms with E-state index in [1.165, 1.54) is 17.8 Å². The Morgan fingerprint density at radius 1 is 1.26 bits per heavy atom. The van der Waals surface area contributed by atoms with E-state index in [4.69, 9.17) is 9.73 Å². The van der Waals surface area contributed by atoms with Gasteiger partial charge in [-0.3, -0.25) is 14.7 Å². The number of hydrogen-bond donors (Lipinski definition) is 2. The van der Waals surface area contributed by atoms with Crippen molar-refractivity contribution in [2.45, 2.75) is 64.0 Å². The van der Waals surface area contributed by atoms with E-state index in [1.807, 2.05) is 10.3 Å². The van der Waals surface area contributed by atoms with Crippen molar-refractivity contribution in [3.05, 3.63) is 27.9 Å². The van der Waals surface area contributed by atoms with Crippen LogP contribution in [0.1, 0.15) is 56.9 Å². The lowest BCUT2D eigenvalue weighted by Crippen LogP contribution is -2.45. The van der Waals surface area contributed by atoms with E-state index in [2.05, 4.69) is 10.3 Å². The highest BCUT2D eigenvalue weighted by Crippen LogP contribution is 2.35. The summed E-state index contributed by atoms with van der Waals surface area (Å²) < 4.78 is 5.44. The first kappa shape index (κ1) is 22.0. The largest absolute Gasteiger partial charge is 0.480 e. The van der Waals surface area contributed by atoms with Gasteiger partial charge in [0.1, 0.15) is 6.04 Å². The summed E-state index contributed by atoms with van der Waals surface area (Å²) in [6, 6.07) is -0.826. The summed E-state index contributed by atoms with van der Waals surface area (Å²) in [6.07, 6.45) is 8.73. The Labute approximate surface area is 186 Å². The molecule has 2 atom stereocenters. The topological polar surface area (TPSA) is 104 Å². The molecule has 0 amide bonds. The number of carbonyl (C=O) groups excluding carboxylic acids is 1. The Balaban J connectivity index is 1.72. The molecule has 1 saturated heterocycles. The number of thiazole rings is 1. The quantitative estimate of drug-likeness (QED) is 0.621. The molecule has 2 N–H and O–H groups in total. The molecule has 2 aliphatic heterocycles. The standard InChI is InChI=1S/C22H30N4O4S/c1-2-30-22(29)17-15(13-26-11-6-9-16(26)21(27)28)24-19(20-23-10-12-31-20)25-18(17)14-7-4-3-5-8-14/h10,12,14,16,18H,2-9,11,13H2,1H3,(H,24,25)(H,27,28)/t16-,18?/m0/s1. The second-order valence-electron chi connectivity index (χ2n) is 8.36. The van der Waals surface area contributed by atoms with E-state index in [-0.39, 0.29) is 24.5 Å². The summed E-state index contributed by atoms with van der Waals surface area (Å²) in [5, 5.41) is 15.7. The van der Waals surface area contributed by atoms with Crippen molar-refractivity contribution in [1.29, 1.82) is 0 Å². The third kappa shape index (κ3) is 4.82. The van der Waals surface area contributed by atoms with Crippen molar-refractivity contribution in [3.63, 3.8) is 0 Å². The predicted octanol–water partition coefficient (Wildman–Crippen LogP) is 2.81. The van der Waals surface area contributed by atoms with Gasteiger partial charge in [-0.1, -0.05) is 19.3 Å². The van der Waals surface area contributed by atoms with Crippen LogP contribution in [0.15, 0.2) is 27.8 Å². The van der Waals surface area contributed by atoms with Gasteiger partial charge in [0.05, 0.1) is 18.2 Å². The van der Waals surface area contributed by atoms with Crippen LogP contribution in [0.3, 0.4) is 0 Å².